The van der Waals surface area contributed by atoms with Crippen LogP contribution in [0.15, 0.2) is 174 Å². The summed E-state index contributed by atoms with van der Waals surface area (Å²) in [5, 5.41) is 4.12. The minimum Gasteiger partial charge on any atom is -0.309 e. The van der Waals surface area contributed by atoms with E-state index in [1.165, 1.54) is 12.1 Å². The van der Waals surface area contributed by atoms with Gasteiger partial charge in [-0.15, -0.1) is 11.3 Å². The number of amidine groups is 1. The van der Waals surface area contributed by atoms with Gasteiger partial charge in [0.25, 0.3) is 0 Å². The van der Waals surface area contributed by atoms with Crippen LogP contribution in [0.25, 0.3) is 64.5 Å². The Bertz CT molecular complexity index is 3030. The van der Waals surface area contributed by atoms with Gasteiger partial charge in [0.05, 0.1) is 28.0 Å². The Balaban J connectivity index is 1.12. The number of aromatic nitrogens is 2. The Kier molecular flexibility index (Phi) is 7.81. The van der Waals surface area contributed by atoms with E-state index in [-0.39, 0.29) is 0 Å². The standard InChI is InChI=1S/C47H29F3N4S/c48-47(49,50)33-17-19-34(20-18-33)54-40-14-8-7-13-35(40)36-27-31(15-23-41(36)54)32-16-24-42-37(28-32)44-43(55-42)25-26-51-45(44)46-52-38(29-9-3-1-4-10-29)21-22-39(53-46)30-11-5-2-6-12-30/h1-21,23-28H,22H2. The second-order valence-electron chi connectivity index (χ2n) is 13.5. The fraction of sp³-hybridized carbons (Fsp3) is 0.0426. The second kappa shape index (κ2) is 13.0. The normalized spacial score (nSPS) is 13.6. The van der Waals surface area contributed by atoms with E-state index in [1.807, 2.05) is 65.4 Å². The van der Waals surface area contributed by atoms with Gasteiger partial charge in [0.15, 0.2) is 5.84 Å². The van der Waals surface area contributed by atoms with Crippen LogP contribution in [0.2, 0.25) is 0 Å². The maximum absolute atomic E-state index is 13.4. The number of benzene rings is 6. The van der Waals surface area contributed by atoms with E-state index < -0.39 is 11.7 Å². The molecular weight excluding hydrogens is 710 g/mol. The number of fused-ring (bicyclic) bond motifs is 6. The van der Waals surface area contributed by atoms with Crippen LogP contribution >= 0.6 is 11.3 Å². The maximum Gasteiger partial charge on any atom is 0.416 e. The third kappa shape index (κ3) is 5.82. The molecule has 0 saturated carbocycles. The van der Waals surface area contributed by atoms with E-state index in [4.69, 9.17) is 15.0 Å². The molecule has 0 unspecified atom stereocenters. The van der Waals surface area contributed by atoms with Gasteiger partial charge in [-0.2, -0.15) is 13.2 Å². The van der Waals surface area contributed by atoms with Gasteiger partial charge in [-0.05, 0) is 82.9 Å². The number of hydrogen-bond donors (Lipinski definition) is 0. The topological polar surface area (TPSA) is 42.5 Å². The number of thiophene rings is 1. The molecule has 0 N–H and O–H groups in total. The molecule has 0 spiro atoms. The molecular formula is C47H29F3N4S. The average Bonchev–Trinajstić information content (AvgIpc) is 3.67. The van der Waals surface area contributed by atoms with Gasteiger partial charge >= 0.3 is 6.18 Å². The molecule has 0 radical (unpaired) electrons. The van der Waals surface area contributed by atoms with Crippen molar-refractivity contribution in [1.29, 1.82) is 0 Å². The van der Waals surface area contributed by atoms with Crippen molar-refractivity contribution in [3.8, 4) is 16.8 Å². The van der Waals surface area contributed by atoms with Crippen molar-refractivity contribution in [2.45, 2.75) is 12.6 Å². The van der Waals surface area contributed by atoms with Crippen LogP contribution in [0.4, 0.5) is 13.2 Å². The predicted octanol–water partition coefficient (Wildman–Crippen LogP) is 12.9. The van der Waals surface area contributed by atoms with Crippen LogP contribution in [0.3, 0.4) is 0 Å². The summed E-state index contributed by atoms with van der Waals surface area (Å²) in [7, 11) is 0. The fourth-order valence-corrected chi connectivity index (χ4v) is 8.64. The van der Waals surface area contributed by atoms with Crippen LogP contribution in [0.5, 0.6) is 0 Å². The van der Waals surface area contributed by atoms with Crippen molar-refractivity contribution >= 4 is 70.6 Å². The van der Waals surface area contributed by atoms with Gasteiger partial charge in [0.2, 0.25) is 0 Å². The summed E-state index contributed by atoms with van der Waals surface area (Å²) in [6.45, 7) is 0. The first-order valence-electron chi connectivity index (χ1n) is 17.9. The Morgan fingerprint density at radius 1 is 0.564 bits per heavy atom. The number of nitrogens with zero attached hydrogens (tertiary/aromatic N) is 4. The lowest BCUT2D eigenvalue weighted by molar-refractivity contribution is -0.137. The summed E-state index contributed by atoms with van der Waals surface area (Å²) in [5.74, 6) is 0.569. The van der Waals surface area contributed by atoms with E-state index in [0.29, 0.717) is 17.9 Å². The number of allylic oxidation sites excluding steroid dienone is 1. The Labute approximate surface area is 317 Å². The third-order valence-electron chi connectivity index (χ3n) is 10.2. The monoisotopic (exact) mass is 738 g/mol. The molecule has 55 heavy (non-hydrogen) atoms. The molecule has 0 bridgehead atoms. The number of pyridine rings is 1. The van der Waals surface area contributed by atoms with E-state index in [2.05, 4.69) is 78.9 Å². The zero-order valence-corrected chi connectivity index (χ0v) is 29.9. The molecule has 264 valence electrons. The lowest BCUT2D eigenvalue weighted by atomic mass is 10.00. The molecule has 0 atom stereocenters. The van der Waals surface area contributed by atoms with Gasteiger partial charge in [-0.3, -0.25) is 4.98 Å². The van der Waals surface area contributed by atoms with E-state index >= 15 is 0 Å². The van der Waals surface area contributed by atoms with Crippen LogP contribution in [0.1, 0.15) is 28.8 Å². The highest BCUT2D eigenvalue weighted by Gasteiger charge is 2.30. The highest BCUT2D eigenvalue weighted by atomic mass is 32.1. The van der Waals surface area contributed by atoms with Crippen LogP contribution in [-0.4, -0.2) is 21.1 Å². The third-order valence-corrected chi connectivity index (χ3v) is 11.3. The fourth-order valence-electron chi connectivity index (χ4n) is 7.56. The molecule has 3 aromatic heterocycles. The molecule has 4 heterocycles. The summed E-state index contributed by atoms with van der Waals surface area (Å²) in [4.78, 5) is 15.4. The SMILES string of the molecule is FC(F)(F)c1ccc(-n2c3ccccc3c3cc(-c4ccc5sc6ccnc(C7=NC(c8ccccc8)=CCC(c8ccccc8)=N7)c6c5c4)ccc32)cc1. The van der Waals surface area contributed by atoms with Crippen LogP contribution < -0.4 is 0 Å². The summed E-state index contributed by atoms with van der Waals surface area (Å²) in [6.07, 6.45) is 0.210. The highest BCUT2D eigenvalue weighted by molar-refractivity contribution is 7.25. The predicted molar refractivity (Wildman–Crippen MR) is 220 cm³/mol. The summed E-state index contributed by atoms with van der Waals surface area (Å²) in [5.41, 5.74) is 8.47. The largest absolute Gasteiger partial charge is 0.416 e. The first-order chi connectivity index (χ1) is 26.9. The first-order valence-corrected chi connectivity index (χ1v) is 18.7. The van der Waals surface area contributed by atoms with Gasteiger partial charge in [-0.1, -0.05) is 97.1 Å². The molecule has 6 aromatic carbocycles. The molecule has 1 aliphatic heterocycles. The number of para-hydroxylation sites is 1. The van der Waals surface area contributed by atoms with Gasteiger partial charge in [0, 0.05) is 49.2 Å². The van der Waals surface area contributed by atoms with Gasteiger partial charge in [0.1, 0.15) is 5.69 Å². The minimum atomic E-state index is -4.40. The zero-order chi connectivity index (χ0) is 37.1. The van der Waals surface area contributed by atoms with Crippen molar-refractivity contribution in [3.05, 3.63) is 186 Å². The molecule has 9 aromatic rings. The zero-order valence-electron chi connectivity index (χ0n) is 29.1. The van der Waals surface area contributed by atoms with Crippen molar-refractivity contribution in [3.63, 3.8) is 0 Å². The van der Waals surface area contributed by atoms with Crippen molar-refractivity contribution in [2.24, 2.45) is 9.98 Å². The van der Waals surface area contributed by atoms with E-state index in [9.17, 15) is 13.2 Å². The Hall–Kier alpha value is -6.64. The lowest BCUT2D eigenvalue weighted by Gasteiger charge is -2.11. The lowest BCUT2D eigenvalue weighted by Crippen LogP contribution is -2.06. The highest BCUT2D eigenvalue weighted by Crippen LogP contribution is 2.41. The molecule has 0 aliphatic carbocycles. The van der Waals surface area contributed by atoms with Crippen LogP contribution in [-0.2, 0) is 6.18 Å². The molecule has 0 saturated heterocycles. The molecule has 1 aliphatic rings. The average molecular weight is 739 g/mol. The number of halogens is 3. The molecule has 10 rings (SSSR count). The van der Waals surface area contributed by atoms with Gasteiger partial charge in [-0.25, -0.2) is 9.98 Å². The second-order valence-corrected chi connectivity index (χ2v) is 14.6. The minimum absolute atomic E-state index is 0.569. The quantitative estimate of drug-likeness (QED) is 0.173. The summed E-state index contributed by atoms with van der Waals surface area (Å²) in [6, 6.07) is 48.7. The smallest absolute Gasteiger partial charge is 0.309 e. The van der Waals surface area contributed by atoms with Crippen molar-refractivity contribution in [1.82, 2.24) is 9.55 Å². The number of alkyl halides is 3. The van der Waals surface area contributed by atoms with Crippen molar-refractivity contribution in [2.75, 3.05) is 0 Å². The summed E-state index contributed by atoms with van der Waals surface area (Å²) < 4.78 is 44.5. The summed E-state index contributed by atoms with van der Waals surface area (Å²) >= 11 is 1.72. The first kappa shape index (κ1) is 33.0. The Morgan fingerprint density at radius 2 is 1.24 bits per heavy atom. The maximum atomic E-state index is 13.4. The molecule has 8 heteroatoms. The number of aliphatic imine (C=N–C) groups is 2. The van der Waals surface area contributed by atoms with Gasteiger partial charge < -0.3 is 4.57 Å². The number of hydrogen-bond acceptors (Lipinski definition) is 4. The van der Waals surface area contributed by atoms with E-state index in [0.717, 1.165) is 93.5 Å². The van der Waals surface area contributed by atoms with Crippen LogP contribution in [0, 0.1) is 0 Å². The van der Waals surface area contributed by atoms with Crippen molar-refractivity contribution < 1.29 is 13.2 Å². The Morgan fingerprint density at radius 3 is 2.00 bits per heavy atom. The van der Waals surface area contributed by atoms with E-state index in [1.54, 1.807) is 11.3 Å². The molecule has 0 fully saturated rings. The number of rotatable bonds is 5. The molecule has 4 nitrogen and oxygen atoms in total. The molecule has 0 amide bonds.